The van der Waals surface area contributed by atoms with Gasteiger partial charge in [-0.1, -0.05) is 30.3 Å². The van der Waals surface area contributed by atoms with Gasteiger partial charge in [-0.3, -0.25) is 0 Å². The number of nitrogens with two attached hydrogens (primary N) is 1. The van der Waals surface area contributed by atoms with Gasteiger partial charge in [-0.15, -0.1) is 0 Å². The zero-order chi connectivity index (χ0) is 15.4. The fourth-order valence-corrected chi connectivity index (χ4v) is 1.93. The lowest BCUT2D eigenvalue weighted by molar-refractivity contribution is 0.0601. The van der Waals surface area contributed by atoms with E-state index in [2.05, 4.69) is 4.74 Å². The van der Waals surface area contributed by atoms with Crippen molar-refractivity contribution >= 4 is 11.7 Å². The van der Waals surface area contributed by atoms with Gasteiger partial charge in [-0.05, 0) is 18.6 Å². The lowest BCUT2D eigenvalue weighted by Crippen LogP contribution is -2.09. The molecule has 0 aliphatic rings. The minimum atomic E-state index is -0.635. The summed E-state index contributed by atoms with van der Waals surface area (Å²) in [4.78, 5) is 11.6. The van der Waals surface area contributed by atoms with E-state index in [-0.39, 0.29) is 23.1 Å². The first-order valence-corrected chi connectivity index (χ1v) is 6.42. The molecule has 0 aliphatic heterocycles. The first-order valence-electron chi connectivity index (χ1n) is 6.42. The number of carbonyl (C=O) groups is 1. The Bertz CT molecular complexity index is 643. The number of methoxy groups -OCH3 is 1. The lowest BCUT2D eigenvalue weighted by atomic mass is 10.1. The second-order valence-electron chi connectivity index (χ2n) is 4.53. The Balaban J connectivity index is 2.29. The summed E-state index contributed by atoms with van der Waals surface area (Å²) in [6.45, 7) is 1.79. The number of esters is 1. The average Bonchev–Trinajstić information content (AvgIpc) is 2.50. The lowest BCUT2D eigenvalue weighted by Gasteiger charge is -2.16. The molecule has 0 fully saturated rings. The molecule has 0 saturated carbocycles. The third-order valence-electron chi connectivity index (χ3n) is 3.08. The van der Waals surface area contributed by atoms with Crippen LogP contribution in [0.4, 0.5) is 10.1 Å². The van der Waals surface area contributed by atoms with E-state index in [1.165, 1.54) is 13.2 Å². The normalized spacial score (nSPS) is 11.8. The number of ether oxygens (including phenoxy) is 2. The number of hydrogen-bond acceptors (Lipinski definition) is 4. The van der Waals surface area contributed by atoms with Crippen LogP contribution in [0.2, 0.25) is 0 Å². The van der Waals surface area contributed by atoms with Crippen molar-refractivity contribution in [2.45, 2.75) is 13.0 Å². The molecule has 0 aromatic heterocycles. The van der Waals surface area contributed by atoms with Gasteiger partial charge in [0.25, 0.3) is 0 Å². The first-order chi connectivity index (χ1) is 10.0. The van der Waals surface area contributed by atoms with E-state index in [1.54, 1.807) is 6.92 Å². The Morgan fingerprint density at radius 2 is 1.90 bits per heavy atom. The number of nitrogen functional groups attached to an aromatic ring is 1. The highest BCUT2D eigenvalue weighted by Gasteiger charge is 2.17. The second-order valence-corrected chi connectivity index (χ2v) is 4.53. The van der Waals surface area contributed by atoms with Gasteiger partial charge >= 0.3 is 5.97 Å². The Labute approximate surface area is 122 Å². The van der Waals surface area contributed by atoms with Crippen LogP contribution in [-0.2, 0) is 4.74 Å². The molecule has 2 aromatic carbocycles. The van der Waals surface area contributed by atoms with Crippen molar-refractivity contribution in [3.05, 3.63) is 59.4 Å². The van der Waals surface area contributed by atoms with Gasteiger partial charge in [0.05, 0.1) is 12.7 Å². The molecule has 1 unspecified atom stereocenters. The third-order valence-corrected chi connectivity index (χ3v) is 3.08. The molecule has 2 aromatic rings. The first kappa shape index (κ1) is 14.8. The highest BCUT2D eigenvalue weighted by Crippen LogP contribution is 2.28. The van der Waals surface area contributed by atoms with Crippen LogP contribution in [0, 0.1) is 5.82 Å². The molecule has 0 aliphatic carbocycles. The molecule has 21 heavy (non-hydrogen) atoms. The van der Waals surface area contributed by atoms with Gasteiger partial charge in [0.1, 0.15) is 6.10 Å². The molecule has 0 heterocycles. The van der Waals surface area contributed by atoms with E-state index >= 15 is 0 Å². The van der Waals surface area contributed by atoms with Gasteiger partial charge in [-0.2, -0.15) is 0 Å². The molecule has 1 atom stereocenters. The number of benzene rings is 2. The van der Waals surface area contributed by atoms with Crippen LogP contribution in [0.5, 0.6) is 5.75 Å². The van der Waals surface area contributed by atoms with Crippen LogP contribution in [0.3, 0.4) is 0 Å². The highest BCUT2D eigenvalue weighted by atomic mass is 19.1. The maximum Gasteiger partial charge on any atom is 0.340 e. The van der Waals surface area contributed by atoms with Crippen molar-refractivity contribution in [3.8, 4) is 5.75 Å². The third kappa shape index (κ3) is 3.31. The van der Waals surface area contributed by atoms with Gasteiger partial charge in [0, 0.05) is 11.8 Å². The molecule has 0 spiro atoms. The van der Waals surface area contributed by atoms with E-state index in [4.69, 9.17) is 10.5 Å². The summed E-state index contributed by atoms with van der Waals surface area (Å²) in [6, 6.07) is 11.7. The monoisotopic (exact) mass is 289 g/mol. The summed E-state index contributed by atoms with van der Waals surface area (Å²) in [6.07, 6.45) is -0.366. The second kappa shape index (κ2) is 6.26. The molecule has 5 heteroatoms. The molecule has 2 N–H and O–H groups in total. The Kier molecular flexibility index (Phi) is 4.42. The predicted octanol–water partition coefficient (Wildman–Crippen LogP) is 3.33. The van der Waals surface area contributed by atoms with Crippen LogP contribution < -0.4 is 10.5 Å². The average molecular weight is 289 g/mol. The van der Waals surface area contributed by atoms with Crippen LogP contribution >= 0.6 is 0 Å². The zero-order valence-corrected chi connectivity index (χ0v) is 11.8. The molecule has 0 saturated heterocycles. The summed E-state index contributed by atoms with van der Waals surface area (Å²) in [5.74, 6) is -1.30. The van der Waals surface area contributed by atoms with Crippen molar-refractivity contribution in [3.63, 3.8) is 0 Å². The fraction of sp³-hybridized carbons (Fsp3) is 0.188. The van der Waals surface area contributed by atoms with Gasteiger partial charge in [0.2, 0.25) is 0 Å². The summed E-state index contributed by atoms with van der Waals surface area (Å²) in [5.41, 5.74) is 6.60. The van der Waals surface area contributed by atoms with Crippen LogP contribution in [-0.4, -0.2) is 13.1 Å². The maximum atomic E-state index is 13.9. The van der Waals surface area contributed by atoms with E-state index in [0.717, 1.165) is 11.6 Å². The molecule has 4 nitrogen and oxygen atoms in total. The molecule has 2 rings (SSSR count). The Morgan fingerprint density at radius 1 is 1.24 bits per heavy atom. The van der Waals surface area contributed by atoms with Gasteiger partial charge < -0.3 is 15.2 Å². The van der Waals surface area contributed by atoms with Crippen molar-refractivity contribution in [2.24, 2.45) is 0 Å². The number of hydrogen-bond donors (Lipinski definition) is 1. The maximum absolute atomic E-state index is 13.9. The number of anilines is 1. The van der Waals surface area contributed by atoms with E-state index in [1.807, 2.05) is 30.3 Å². The molecule has 0 amide bonds. The van der Waals surface area contributed by atoms with Crippen molar-refractivity contribution < 1.29 is 18.7 Å². The summed E-state index contributed by atoms with van der Waals surface area (Å²) in [5, 5.41) is 0. The predicted molar refractivity (Wildman–Crippen MR) is 77.6 cm³/mol. The number of carbonyl (C=O) groups excluding carboxylic acids is 1. The molecule has 0 bridgehead atoms. The molecule has 0 radical (unpaired) electrons. The van der Waals surface area contributed by atoms with Crippen LogP contribution in [0.25, 0.3) is 0 Å². The van der Waals surface area contributed by atoms with Crippen LogP contribution in [0.1, 0.15) is 28.9 Å². The van der Waals surface area contributed by atoms with Crippen molar-refractivity contribution in [1.29, 1.82) is 0 Å². The molecular weight excluding hydrogens is 273 g/mol. The van der Waals surface area contributed by atoms with Crippen molar-refractivity contribution in [1.82, 2.24) is 0 Å². The zero-order valence-electron chi connectivity index (χ0n) is 11.8. The minimum absolute atomic E-state index is 0.0130. The van der Waals surface area contributed by atoms with E-state index in [9.17, 15) is 9.18 Å². The number of rotatable bonds is 4. The molecule has 110 valence electrons. The SMILES string of the molecule is COC(=O)c1cc(OC(C)c2ccccc2)c(F)cc1N. The highest BCUT2D eigenvalue weighted by molar-refractivity contribution is 5.95. The minimum Gasteiger partial charge on any atom is -0.483 e. The van der Waals surface area contributed by atoms with Crippen molar-refractivity contribution in [2.75, 3.05) is 12.8 Å². The summed E-state index contributed by atoms with van der Waals surface area (Å²) >= 11 is 0. The Morgan fingerprint density at radius 3 is 2.52 bits per heavy atom. The van der Waals surface area contributed by atoms with E-state index < -0.39 is 11.8 Å². The fourth-order valence-electron chi connectivity index (χ4n) is 1.93. The van der Waals surface area contributed by atoms with E-state index in [0.29, 0.717) is 0 Å². The summed E-state index contributed by atoms with van der Waals surface area (Å²) < 4.78 is 24.1. The largest absolute Gasteiger partial charge is 0.483 e. The Hall–Kier alpha value is -2.56. The van der Waals surface area contributed by atoms with Crippen LogP contribution in [0.15, 0.2) is 42.5 Å². The standard InChI is InChI=1S/C16H16FNO3/c1-10(11-6-4-3-5-7-11)21-15-8-12(16(19)20-2)14(18)9-13(15)17/h3-10H,18H2,1-2H3. The van der Waals surface area contributed by atoms with Gasteiger partial charge in [0.15, 0.2) is 11.6 Å². The smallest absolute Gasteiger partial charge is 0.340 e. The number of halogens is 1. The summed E-state index contributed by atoms with van der Waals surface area (Å²) in [7, 11) is 1.23. The topological polar surface area (TPSA) is 61.5 Å². The quantitative estimate of drug-likeness (QED) is 0.692. The van der Waals surface area contributed by atoms with Gasteiger partial charge in [-0.25, -0.2) is 9.18 Å². The molecular formula is C16H16FNO3.